The van der Waals surface area contributed by atoms with Crippen LogP contribution in [0.3, 0.4) is 0 Å². The maximum Gasteiger partial charge on any atom is 0.311 e. The molecule has 0 saturated carbocycles. The predicted octanol–water partition coefficient (Wildman–Crippen LogP) is 8.53. The SMILES string of the molecule is Cc1c(COc2cc(OCc3cncc(C#N)c3)c(CC[C@@](C)(CO)C(=O)O)cc2Cl)cccc1-c1cccc(-c2ccc(CN(C)C)c(C#CCCO)c2)c1C. The Labute approximate surface area is 340 Å². The van der Waals surface area contributed by atoms with Crippen molar-refractivity contribution in [2.75, 3.05) is 27.3 Å². The molecule has 5 aromatic rings. The molecule has 10 heteroatoms. The van der Waals surface area contributed by atoms with Crippen molar-refractivity contribution < 1.29 is 29.6 Å². The average Bonchev–Trinajstić information content (AvgIpc) is 3.20. The first-order valence-corrected chi connectivity index (χ1v) is 19.1. The van der Waals surface area contributed by atoms with Crippen molar-refractivity contribution in [2.45, 2.75) is 59.8 Å². The van der Waals surface area contributed by atoms with Gasteiger partial charge in [0.15, 0.2) is 0 Å². The van der Waals surface area contributed by atoms with Gasteiger partial charge in [0.2, 0.25) is 0 Å². The highest BCUT2D eigenvalue weighted by atomic mass is 35.5. The largest absolute Gasteiger partial charge is 0.488 e. The fraction of sp³-hybridized carbons (Fsp3) is 0.298. The fourth-order valence-corrected chi connectivity index (χ4v) is 6.79. The first-order chi connectivity index (χ1) is 27.4. The van der Waals surface area contributed by atoms with Gasteiger partial charge in [-0.25, -0.2) is 0 Å². The van der Waals surface area contributed by atoms with E-state index in [1.165, 1.54) is 13.1 Å². The summed E-state index contributed by atoms with van der Waals surface area (Å²) in [6.07, 6.45) is 3.92. The molecule has 3 N–H and O–H groups in total. The van der Waals surface area contributed by atoms with E-state index in [9.17, 15) is 25.4 Å². The number of pyridine rings is 1. The zero-order valence-electron chi connectivity index (χ0n) is 33.0. The number of ether oxygens (including phenoxy) is 2. The lowest BCUT2D eigenvalue weighted by Gasteiger charge is -2.23. The number of aliphatic hydroxyl groups is 2. The molecule has 294 valence electrons. The van der Waals surface area contributed by atoms with Crippen LogP contribution in [-0.2, 0) is 31.0 Å². The van der Waals surface area contributed by atoms with E-state index < -0.39 is 18.0 Å². The maximum absolute atomic E-state index is 11.9. The van der Waals surface area contributed by atoms with Gasteiger partial charge in [-0.2, -0.15) is 5.26 Å². The second-order valence-electron chi connectivity index (χ2n) is 14.6. The van der Waals surface area contributed by atoms with Crippen LogP contribution < -0.4 is 9.47 Å². The highest BCUT2D eigenvalue weighted by Crippen LogP contribution is 2.38. The Bertz CT molecular complexity index is 2340. The quantitative estimate of drug-likeness (QED) is 0.0842. The molecule has 0 amide bonds. The summed E-state index contributed by atoms with van der Waals surface area (Å²) in [5.41, 5.74) is 9.97. The van der Waals surface area contributed by atoms with Gasteiger partial charge in [0.05, 0.1) is 29.2 Å². The fourth-order valence-electron chi connectivity index (χ4n) is 6.55. The molecular weight excluding hydrogens is 738 g/mol. The first-order valence-electron chi connectivity index (χ1n) is 18.7. The number of carboxylic acid groups (broad SMARTS) is 1. The van der Waals surface area contributed by atoms with E-state index in [0.717, 1.165) is 56.6 Å². The van der Waals surface area contributed by atoms with Crippen LogP contribution >= 0.6 is 11.6 Å². The van der Waals surface area contributed by atoms with E-state index in [2.05, 4.69) is 84.1 Å². The van der Waals surface area contributed by atoms with E-state index in [4.69, 9.17) is 21.1 Å². The molecule has 0 aliphatic carbocycles. The maximum atomic E-state index is 11.9. The van der Waals surface area contributed by atoms with Crippen LogP contribution in [0.15, 0.2) is 85.2 Å². The molecule has 0 aliphatic heterocycles. The zero-order valence-corrected chi connectivity index (χ0v) is 33.8. The van der Waals surface area contributed by atoms with Gasteiger partial charge in [0, 0.05) is 42.6 Å². The summed E-state index contributed by atoms with van der Waals surface area (Å²) in [5.74, 6) is 6.10. The lowest BCUT2D eigenvalue weighted by Crippen LogP contribution is -2.32. The van der Waals surface area contributed by atoms with E-state index >= 15 is 0 Å². The predicted molar refractivity (Wildman–Crippen MR) is 223 cm³/mol. The average molecular weight is 786 g/mol. The number of hydrogen-bond donors (Lipinski definition) is 3. The van der Waals surface area contributed by atoms with Crippen molar-refractivity contribution in [1.82, 2.24) is 9.88 Å². The molecule has 0 fully saturated rings. The first kappa shape index (κ1) is 42.5. The summed E-state index contributed by atoms with van der Waals surface area (Å²) < 4.78 is 12.6. The Balaban J connectivity index is 1.43. The number of carbonyl (C=O) groups is 1. The second-order valence-corrected chi connectivity index (χ2v) is 15.0. The molecule has 9 nitrogen and oxygen atoms in total. The highest BCUT2D eigenvalue weighted by Gasteiger charge is 2.32. The lowest BCUT2D eigenvalue weighted by molar-refractivity contribution is -0.150. The van der Waals surface area contributed by atoms with Crippen LogP contribution in [0.4, 0.5) is 0 Å². The van der Waals surface area contributed by atoms with Crippen molar-refractivity contribution in [2.24, 2.45) is 5.41 Å². The number of aliphatic hydroxyl groups excluding tert-OH is 2. The summed E-state index contributed by atoms with van der Waals surface area (Å²) in [6.45, 7) is 6.29. The smallest absolute Gasteiger partial charge is 0.311 e. The molecule has 0 saturated heterocycles. The van der Waals surface area contributed by atoms with Crippen LogP contribution in [0.25, 0.3) is 22.3 Å². The van der Waals surface area contributed by atoms with Crippen molar-refractivity contribution in [3.63, 3.8) is 0 Å². The Hall–Kier alpha value is -5.68. The van der Waals surface area contributed by atoms with Crippen molar-refractivity contribution in [1.29, 1.82) is 5.26 Å². The molecule has 0 aliphatic rings. The molecule has 0 unspecified atom stereocenters. The number of aryl methyl sites for hydroxylation is 1. The van der Waals surface area contributed by atoms with Crippen LogP contribution in [0, 0.1) is 42.4 Å². The zero-order chi connectivity index (χ0) is 41.1. The van der Waals surface area contributed by atoms with Crippen LogP contribution in [-0.4, -0.2) is 58.5 Å². The minimum atomic E-state index is -1.35. The molecule has 5 rings (SSSR count). The molecule has 4 aromatic carbocycles. The number of carboxylic acids is 1. The Morgan fingerprint density at radius 3 is 2.30 bits per heavy atom. The molecule has 1 aromatic heterocycles. The Kier molecular flexibility index (Phi) is 14.5. The third kappa shape index (κ3) is 10.6. The molecule has 1 heterocycles. The van der Waals surface area contributed by atoms with Crippen molar-refractivity contribution in [3.8, 4) is 51.7 Å². The van der Waals surface area contributed by atoms with Gasteiger partial charge in [-0.15, -0.1) is 0 Å². The molecule has 57 heavy (non-hydrogen) atoms. The Morgan fingerprint density at radius 2 is 1.60 bits per heavy atom. The third-order valence-corrected chi connectivity index (χ3v) is 10.4. The number of hydrogen-bond acceptors (Lipinski definition) is 8. The highest BCUT2D eigenvalue weighted by molar-refractivity contribution is 6.32. The van der Waals surface area contributed by atoms with Gasteiger partial charge < -0.3 is 29.7 Å². The Morgan fingerprint density at radius 1 is 0.877 bits per heavy atom. The monoisotopic (exact) mass is 785 g/mol. The van der Waals surface area contributed by atoms with E-state index in [1.54, 1.807) is 24.4 Å². The molecular formula is C47H48ClN3O6. The minimum Gasteiger partial charge on any atom is -0.488 e. The lowest BCUT2D eigenvalue weighted by atomic mass is 9.85. The number of aromatic nitrogens is 1. The van der Waals surface area contributed by atoms with Gasteiger partial charge in [0.25, 0.3) is 0 Å². The van der Waals surface area contributed by atoms with Crippen LogP contribution in [0.2, 0.25) is 5.02 Å². The van der Waals surface area contributed by atoms with Gasteiger partial charge in [-0.1, -0.05) is 72.0 Å². The summed E-state index contributed by atoms with van der Waals surface area (Å²) in [5, 5.41) is 38.6. The number of aliphatic carboxylic acids is 1. The van der Waals surface area contributed by atoms with Gasteiger partial charge in [0.1, 0.15) is 30.8 Å². The molecule has 0 bridgehead atoms. The van der Waals surface area contributed by atoms with E-state index in [0.29, 0.717) is 39.6 Å². The number of rotatable bonds is 16. The normalized spacial score (nSPS) is 12.0. The van der Waals surface area contributed by atoms with Crippen LogP contribution in [0.1, 0.15) is 64.3 Å². The van der Waals surface area contributed by atoms with Gasteiger partial charge >= 0.3 is 5.97 Å². The molecule has 1 atom stereocenters. The van der Waals surface area contributed by atoms with E-state index in [1.807, 2.05) is 26.2 Å². The molecule has 0 spiro atoms. The number of halogens is 1. The standard InChI is InChI=1S/C47H48ClN3O6/c1-31-39(11-8-13-41(31)42-14-9-12-40(32(42)2)36-15-16-38(27-51(4)5)35(21-36)10-6-7-19-52)29-57-45-23-44(56-28-34-20-33(24-49)25-50-26-34)37(22-43(45)48)17-18-47(3,30-53)46(54)55/h8-9,11-16,20-23,25-26,52-53H,7,17-19,27-30H2,1-5H3,(H,54,55)/t47-/m0/s1. The number of nitriles is 1. The number of nitrogens with zero attached hydrogens (tertiary/aromatic N) is 3. The summed E-state index contributed by atoms with van der Waals surface area (Å²) >= 11 is 6.80. The van der Waals surface area contributed by atoms with Crippen molar-refractivity contribution >= 4 is 17.6 Å². The number of benzene rings is 4. The summed E-state index contributed by atoms with van der Waals surface area (Å²) in [4.78, 5) is 18.2. The second kappa shape index (κ2) is 19.5. The summed E-state index contributed by atoms with van der Waals surface area (Å²) in [6, 6.07) is 26.1. The summed E-state index contributed by atoms with van der Waals surface area (Å²) in [7, 11) is 4.06. The van der Waals surface area contributed by atoms with E-state index in [-0.39, 0.29) is 32.7 Å². The topological polar surface area (TPSA) is 136 Å². The van der Waals surface area contributed by atoms with Crippen LogP contribution in [0.5, 0.6) is 11.5 Å². The van der Waals surface area contributed by atoms with Gasteiger partial charge in [-0.05, 0) is 116 Å². The van der Waals surface area contributed by atoms with Gasteiger partial charge in [-0.3, -0.25) is 9.78 Å². The minimum absolute atomic E-state index is 0.0233. The van der Waals surface area contributed by atoms with Crippen molar-refractivity contribution in [3.05, 3.63) is 135 Å². The molecule has 0 radical (unpaired) electrons. The third-order valence-electron chi connectivity index (χ3n) is 10.1.